The van der Waals surface area contributed by atoms with Gasteiger partial charge in [0.1, 0.15) is 0 Å². The number of nitrogens with two attached hydrogens (primary N) is 2. The van der Waals surface area contributed by atoms with Crippen molar-refractivity contribution >= 4 is 23.5 Å². The summed E-state index contributed by atoms with van der Waals surface area (Å²) in [7, 11) is 0. The van der Waals surface area contributed by atoms with Crippen LogP contribution in [0.4, 0.5) is 9.59 Å². The molecule has 1 rings (SSSR count). The van der Waals surface area contributed by atoms with Crippen LogP contribution in [0.15, 0.2) is 28.4 Å². The zero-order valence-electron chi connectivity index (χ0n) is 15.1. The standard InChI is InChI=1S/C11H15N7O2.ClH.NO3.Ni.3H2O/c1-6(15-17-10(12)19)8-4-3-5-9(14-8)7(2)16-18-11(13)20;;2-1(3)4;;;;/h3-5H,1-2H3,(H3,12,17,19)(H3,13,18,20);1H;;;3*1H2/q;;-1;+2;;;/p+1/b15-6+,16-7+;;;;;;. The maximum atomic E-state index is 10.6. The Labute approximate surface area is 180 Å². The van der Waals surface area contributed by atoms with Crippen molar-refractivity contribution in [1.29, 1.82) is 0 Å². The summed E-state index contributed by atoms with van der Waals surface area (Å²) in [6.45, 7) is 3.33. The van der Waals surface area contributed by atoms with E-state index in [9.17, 15) is 9.59 Å². The first kappa shape index (κ1) is 40.5. The van der Waals surface area contributed by atoms with E-state index in [1.165, 1.54) is 0 Å². The van der Waals surface area contributed by atoms with E-state index < -0.39 is 17.1 Å². The Balaban J connectivity index is -0.000000135. The van der Waals surface area contributed by atoms with Crippen LogP contribution < -0.4 is 34.7 Å². The number of carbonyl (C=O) groups excluding carboxylic acids is 2. The molecular formula is C11H23ClN8NiO8+2. The summed E-state index contributed by atoms with van der Waals surface area (Å²) in [5, 5.41) is 22.3. The van der Waals surface area contributed by atoms with Gasteiger partial charge in [0, 0.05) is 0 Å². The van der Waals surface area contributed by atoms with Gasteiger partial charge in [-0.1, -0.05) is 6.07 Å². The Morgan fingerprint density at radius 3 is 1.52 bits per heavy atom. The summed E-state index contributed by atoms with van der Waals surface area (Å²) in [6.07, 6.45) is 0. The first-order valence-electron chi connectivity index (χ1n) is 6.12. The molecule has 0 aliphatic heterocycles. The minimum atomic E-state index is -1.75. The van der Waals surface area contributed by atoms with E-state index in [1.54, 1.807) is 32.0 Å². The molecular weight excluding hydrogens is 466 g/mol. The monoisotopic (exact) mass is 488 g/mol. The van der Waals surface area contributed by atoms with Crippen LogP contribution in [0.1, 0.15) is 25.2 Å². The number of rotatable bonds is 4. The number of pyridine rings is 1. The summed E-state index contributed by atoms with van der Waals surface area (Å²) < 4.78 is 0. The van der Waals surface area contributed by atoms with Crippen LogP contribution in [0.2, 0.25) is 0 Å². The molecule has 0 aliphatic rings. The first-order valence-corrected chi connectivity index (χ1v) is 6.12. The number of hydrogen-bond acceptors (Lipinski definition) is 8. The van der Waals surface area contributed by atoms with Crippen LogP contribution in [0.3, 0.4) is 0 Å². The van der Waals surface area contributed by atoms with Gasteiger partial charge < -0.3 is 55.6 Å². The van der Waals surface area contributed by atoms with Crippen molar-refractivity contribution in [3.05, 3.63) is 44.9 Å². The number of nitrogens with one attached hydrogen (secondary N) is 2. The van der Waals surface area contributed by atoms with E-state index in [1.807, 2.05) is 0 Å². The van der Waals surface area contributed by atoms with E-state index in [0.29, 0.717) is 22.8 Å². The largest absolute Gasteiger partial charge is 2.00 e. The van der Waals surface area contributed by atoms with Crippen LogP contribution in [-0.4, -0.2) is 39.0 Å². The molecule has 0 aliphatic carbocycles. The maximum Gasteiger partial charge on any atom is 2.00 e. The Hall–Kier alpha value is -3.11. The molecule has 170 valence electrons. The van der Waals surface area contributed by atoms with Crippen LogP contribution in [0.5, 0.6) is 0 Å². The number of carbonyl (C=O) groups is 2. The molecule has 0 spiro atoms. The zero-order valence-corrected chi connectivity index (χ0v) is 16.8. The molecule has 29 heavy (non-hydrogen) atoms. The Morgan fingerprint density at radius 1 is 1.00 bits per heavy atom. The molecule has 1 heterocycles. The van der Waals surface area contributed by atoms with Gasteiger partial charge in [-0.2, -0.15) is 10.2 Å². The van der Waals surface area contributed by atoms with Crippen LogP contribution in [-0.2, 0) is 27.4 Å². The van der Waals surface area contributed by atoms with Gasteiger partial charge in [-0.3, -0.25) is 0 Å². The third kappa shape index (κ3) is 21.1. The van der Waals surface area contributed by atoms with Crippen molar-refractivity contribution in [3.8, 4) is 0 Å². The van der Waals surface area contributed by atoms with Gasteiger partial charge in [0.25, 0.3) is 0 Å². The SMILES string of the molecule is C/C(=N\NC(N)=O)c1cccc(/C(C)=N/NC(N)=O)n1.O.O=[N+]([O-])[O-].[Cl-].[Ni+2].[OH3+].[OH3+]. The van der Waals surface area contributed by atoms with Gasteiger partial charge in [-0.25, -0.2) is 25.4 Å². The van der Waals surface area contributed by atoms with Gasteiger partial charge in [-0.15, -0.1) is 0 Å². The Bertz CT molecular complexity index is 639. The smallest absolute Gasteiger partial charge is 1.00 e. The fourth-order valence-corrected chi connectivity index (χ4v) is 1.23. The van der Waals surface area contributed by atoms with E-state index in [4.69, 9.17) is 26.8 Å². The summed E-state index contributed by atoms with van der Waals surface area (Å²) in [5.41, 5.74) is 16.1. The Kier molecular flexibility index (Phi) is 29.6. The molecule has 1 aromatic rings. The van der Waals surface area contributed by atoms with Crippen molar-refractivity contribution in [1.82, 2.24) is 15.8 Å². The van der Waals surface area contributed by atoms with Crippen LogP contribution >= 0.6 is 0 Å². The number of primary amides is 2. The van der Waals surface area contributed by atoms with Crippen LogP contribution in [0, 0.1) is 15.3 Å². The maximum absolute atomic E-state index is 10.6. The average molecular weight is 489 g/mol. The van der Waals surface area contributed by atoms with Crippen LogP contribution in [0.25, 0.3) is 0 Å². The van der Waals surface area contributed by atoms with Crippen molar-refractivity contribution in [2.24, 2.45) is 21.7 Å². The van der Waals surface area contributed by atoms with Gasteiger partial charge >= 0.3 is 28.6 Å². The number of aromatic nitrogens is 1. The number of amides is 4. The van der Waals surface area contributed by atoms with Gasteiger partial charge in [0.15, 0.2) is 0 Å². The molecule has 0 unspecified atom stereocenters. The summed E-state index contributed by atoms with van der Waals surface area (Å²) in [4.78, 5) is 33.7. The molecule has 0 bridgehead atoms. The third-order valence-electron chi connectivity index (χ3n) is 2.16. The van der Waals surface area contributed by atoms with Crippen molar-refractivity contribution in [2.75, 3.05) is 0 Å². The summed E-state index contributed by atoms with van der Waals surface area (Å²) in [5.74, 6) is 0. The average Bonchev–Trinajstić information content (AvgIpc) is 2.49. The Morgan fingerprint density at radius 2 is 1.28 bits per heavy atom. The van der Waals surface area contributed by atoms with Crippen molar-refractivity contribution in [3.63, 3.8) is 0 Å². The predicted molar refractivity (Wildman–Crippen MR) is 97.8 cm³/mol. The molecule has 0 aromatic carbocycles. The molecule has 16 nitrogen and oxygen atoms in total. The van der Waals surface area contributed by atoms with Gasteiger partial charge in [0.2, 0.25) is 0 Å². The fraction of sp³-hybridized carbons (Fsp3) is 0.182. The zero-order chi connectivity index (χ0) is 18.7. The minimum absolute atomic E-state index is 0. The number of urea groups is 2. The second-order valence-corrected chi connectivity index (χ2v) is 3.98. The molecule has 0 saturated carbocycles. The predicted octanol–water partition coefficient (Wildman–Crippen LogP) is -6.04. The molecule has 18 heteroatoms. The number of halogens is 1. The third-order valence-corrected chi connectivity index (χ3v) is 2.16. The summed E-state index contributed by atoms with van der Waals surface area (Å²) >= 11 is 0. The van der Waals surface area contributed by atoms with E-state index in [2.05, 4.69) is 26.0 Å². The molecule has 4 amide bonds. The molecule has 0 saturated heterocycles. The topological polar surface area (TPSA) is 312 Å². The second kappa shape index (κ2) is 21.2. The molecule has 0 fully saturated rings. The molecule has 1 aromatic heterocycles. The number of hydrazone groups is 2. The van der Waals surface area contributed by atoms with E-state index in [0.717, 1.165) is 0 Å². The quantitative estimate of drug-likeness (QED) is 0.105. The molecule has 0 atom stereocenters. The van der Waals surface area contributed by atoms with Crippen molar-refractivity contribution < 1.29 is 60.0 Å². The normalized spacial score (nSPS) is 9.03. The molecule has 0 radical (unpaired) electrons. The minimum Gasteiger partial charge on any atom is -1.00 e. The second-order valence-electron chi connectivity index (χ2n) is 3.98. The van der Waals surface area contributed by atoms with Gasteiger partial charge in [-0.05, 0) is 26.0 Å². The van der Waals surface area contributed by atoms with E-state index in [-0.39, 0.29) is 45.3 Å². The summed E-state index contributed by atoms with van der Waals surface area (Å²) in [6, 6.07) is 3.64. The van der Waals surface area contributed by atoms with E-state index >= 15 is 0 Å². The number of hydrogen-bond donors (Lipinski definition) is 4. The first-order chi connectivity index (χ1) is 11.1. The molecule has 14 N–H and O–H groups in total. The number of nitrogens with zero attached hydrogens (tertiary/aromatic N) is 4. The van der Waals surface area contributed by atoms with Gasteiger partial charge in [0.05, 0.1) is 27.9 Å². The fourth-order valence-electron chi connectivity index (χ4n) is 1.23. The van der Waals surface area contributed by atoms with Crippen molar-refractivity contribution in [2.45, 2.75) is 13.8 Å².